The van der Waals surface area contributed by atoms with Crippen LogP contribution in [0.5, 0.6) is 5.75 Å². The first-order valence-corrected chi connectivity index (χ1v) is 10.6. The smallest absolute Gasteiger partial charge is 0.339 e. The maximum Gasteiger partial charge on any atom is 0.339 e. The van der Waals surface area contributed by atoms with E-state index in [1.165, 1.54) is 0 Å². The molecule has 3 N–H and O–H groups in total. The number of fused-ring (bicyclic) bond motifs is 1. The van der Waals surface area contributed by atoms with Crippen molar-refractivity contribution in [3.8, 4) is 5.75 Å². The number of nitrogens with two attached hydrogens (primary N) is 1. The molecule has 0 saturated carbocycles. The van der Waals surface area contributed by atoms with Crippen LogP contribution in [0.3, 0.4) is 0 Å². The van der Waals surface area contributed by atoms with Crippen molar-refractivity contribution in [2.24, 2.45) is 11.8 Å². The highest BCUT2D eigenvalue weighted by atomic mass is 16.5. The van der Waals surface area contributed by atoms with Crippen LogP contribution in [-0.2, 0) is 4.79 Å². The summed E-state index contributed by atoms with van der Waals surface area (Å²) >= 11 is 0. The lowest BCUT2D eigenvalue weighted by Crippen LogP contribution is -2.43. The van der Waals surface area contributed by atoms with E-state index in [0.29, 0.717) is 35.5 Å². The fourth-order valence-electron chi connectivity index (χ4n) is 3.80. The number of carboxylic acid groups (broad SMARTS) is 1. The van der Waals surface area contributed by atoms with E-state index >= 15 is 0 Å². The molecule has 2 heterocycles. The number of hydrogen-bond acceptors (Lipinski definition) is 5. The quantitative estimate of drug-likeness (QED) is 0.761. The fourth-order valence-corrected chi connectivity index (χ4v) is 3.80. The van der Waals surface area contributed by atoms with Gasteiger partial charge in [-0.05, 0) is 31.9 Å². The highest BCUT2D eigenvalue weighted by molar-refractivity contribution is 6.06. The van der Waals surface area contributed by atoms with Crippen molar-refractivity contribution in [1.29, 1.82) is 0 Å². The number of aromatic nitrogens is 1. The predicted octanol–water partition coefficient (Wildman–Crippen LogP) is 4.12. The Bertz CT molecular complexity index is 911. The Kier molecular flexibility index (Phi) is 8.03. The summed E-state index contributed by atoms with van der Waals surface area (Å²) in [7, 11) is 0. The third kappa shape index (κ3) is 5.01. The molecule has 7 heteroatoms. The topological polar surface area (TPSA) is 106 Å². The summed E-state index contributed by atoms with van der Waals surface area (Å²) < 4.78 is 6.05. The van der Waals surface area contributed by atoms with Gasteiger partial charge in [-0.2, -0.15) is 0 Å². The lowest BCUT2D eigenvalue weighted by molar-refractivity contribution is -0.136. The minimum Gasteiger partial charge on any atom is -0.492 e. The number of aromatic carboxylic acids is 1. The summed E-state index contributed by atoms with van der Waals surface area (Å²) in [4.78, 5) is 30.1. The minimum absolute atomic E-state index is 0.00919. The molecule has 1 aromatic heterocycles. The number of nitrogen functional groups attached to an aromatic ring is 1. The molecule has 1 saturated heterocycles. The van der Waals surface area contributed by atoms with Crippen molar-refractivity contribution < 1.29 is 19.4 Å². The first kappa shape index (κ1) is 23.4. The summed E-state index contributed by atoms with van der Waals surface area (Å²) in [6.45, 7) is 11.4. The van der Waals surface area contributed by atoms with Gasteiger partial charge in [0.05, 0.1) is 28.9 Å². The number of amides is 1. The zero-order valence-corrected chi connectivity index (χ0v) is 18.6. The van der Waals surface area contributed by atoms with Gasteiger partial charge in [-0.3, -0.25) is 9.78 Å². The third-order valence-electron chi connectivity index (χ3n) is 5.21. The van der Waals surface area contributed by atoms with Gasteiger partial charge in [0, 0.05) is 24.9 Å². The van der Waals surface area contributed by atoms with Crippen molar-refractivity contribution in [2.45, 2.75) is 47.5 Å². The molecule has 1 unspecified atom stereocenters. The molecule has 3 rings (SSSR count). The van der Waals surface area contributed by atoms with Crippen molar-refractivity contribution in [1.82, 2.24) is 9.88 Å². The van der Waals surface area contributed by atoms with Crippen molar-refractivity contribution in [3.63, 3.8) is 0 Å². The van der Waals surface area contributed by atoms with Gasteiger partial charge in [0.1, 0.15) is 11.3 Å². The number of rotatable bonds is 5. The van der Waals surface area contributed by atoms with Gasteiger partial charge in [-0.25, -0.2) is 4.79 Å². The number of benzene rings is 1. The molecule has 164 valence electrons. The zero-order chi connectivity index (χ0) is 22.4. The number of ether oxygens (including phenoxy) is 1. The van der Waals surface area contributed by atoms with Crippen LogP contribution in [-0.4, -0.2) is 46.6 Å². The molecule has 7 nitrogen and oxygen atoms in total. The molecule has 1 aliphatic rings. The van der Waals surface area contributed by atoms with Crippen LogP contribution in [0.15, 0.2) is 18.2 Å². The summed E-state index contributed by atoms with van der Waals surface area (Å²) in [6.07, 6.45) is 1.94. The summed E-state index contributed by atoms with van der Waals surface area (Å²) in [5.74, 6) is -0.192. The molecule has 1 aliphatic heterocycles. The van der Waals surface area contributed by atoms with Crippen molar-refractivity contribution in [3.05, 3.63) is 29.5 Å². The Morgan fingerprint density at radius 3 is 2.67 bits per heavy atom. The van der Waals surface area contributed by atoms with Crippen LogP contribution >= 0.6 is 0 Å². The normalized spacial score (nSPS) is 16.2. The van der Waals surface area contributed by atoms with Gasteiger partial charge >= 0.3 is 5.97 Å². The molecular formula is C23H33N3O4. The average Bonchev–Trinajstić information content (AvgIpc) is 2.72. The molecule has 0 radical (unpaired) electrons. The molecular weight excluding hydrogens is 382 g/mol. The Morgan fingerprint density at radius 1 is 1.33 bits per heavy atom. The first-order valence-electron chi connectivity index (χ1n) is 10.6. The lowest BCUT2D eigenvalue weighted by atomic mass is 9.97. The van der Waals surface area contributed by atoms with E-state index in [1.807, 2.05) is 38.7 Å². The first-order chi connectivity index (χ1) is 14.3. The van der Waals surface area contributed by atoms with Gasteiger partial charge in [-0.15, -0.1) is 0 Å². The van der Waals surface area contributed by atoms with E-state index in [-0.39, 0.29) is 29.0 Å². The molecule has 0 aliphatic carbocycles. The van der Waals surface area contributed by atoms with Gasteiger partial charge in [0.2, 0.25) is 5.91 Å². The van der Waals surface area contributed by atoms with Gasteiger partial charge in [0.15, 0.2) is 0 Å². The number of likely N-dealkylation sites (tertiary alicyclic amines) is 1. The van der Waals surface area contributed by atoms with Gasteiger partial charge in [-0.1, -0.05) is 33.8 Å². The number of nitrogens with zero attached hydrogens (tertiary/aromatic N) is 2. The predicted molar refractivity (Wildman–Crippen MR) is 119 cm³/mol. The standard InChI is InChI=1S/C21H27N3O4.C2H6/c1-12(2)20(25)24-9-5-6-14(10-24)11-28-16-8-4-7-15-18(16)19(22)17(21(26)27)13(3)23-15;1-2/h4,7-8,12,14H,5-6,9-11H2,1-3H3,(H2,22,23)(H,26,27);1-2H3. The largest absolute Gasteiger partial charge is 0.492 e. The number of anilines is 1. The van der Waals surface area contributed by atoms with Gasteiger partial charge < -0.3 is 20.5 Å². The number of carboxylic acids is 1. The van der Waals surface area contributed by atoms with Crippen LogP contribution in [0.2, 0.25) is 0 Å². The second-order valence-corrected chi connectivity index (χ2v) is 7.70. The number of carbonyl (C=O) groups excluding carboxylic acids is 1. The molecule has 0 spiro atoms. The van der Waals surface area contributed by atoms with E-state index in [2.05, 4.69) is 4.98 Å². The van der Waals surface area contributed by atoms with Crippen LogP contribution < -0.4 is 10.5 Å². The van der Waals surface area contributed by atoms with E-state index < -0.39 is 5.97 Å². The number of piperidine rings is 1. The maximum atomic E-state index is 12.3. The highest BCUT2D eigenvalue weighted by Gasteiger charge is 2.26. The third-order valence-corrected chi connectivity index (χ3v) is 5.21. The molecule has 1 fully saturated rings. The van der Waals surface area contributed by atoms with Gasteiger partial charge in [0.25, 0.3) is 0 Å². The average molecular weight is 416 g/mol. The van der Waals surface area contributed by atoms with Crippen LogP contribution in [0, 0.1) is 18.8 Å². The van der Waals surface area contributed by atoms with Crippen LogP contribution in [0.25, 0.3) is 10.9 Å². The summed E-state index contributed by atoms with van der Waals surface area (Å²) in [6, 6.07) is 5.39. The lowest BCUT2D eigenvalue weighted by Gasteiger charge is -2.33. The fraction of sp³-hybridized carbons (Fsp3) is 0.522. The van der Waals surface area contributed by atoms with E-state index in [4.69, 9.17) is 10.5 Å². The summed E-state index contributed by atoms with van der Waals surface area (Å²) in [5.41, 5.74) is 7.34. The Morgan fingerprint density at radius 2 is 2.03 bits per heavy atom. The highest BCUT2D eigenvalue weighted by Crippen LogP contribution is 2.34. The van der Waals surface area contributed by atoms with E-state index in [9.17, 15) is 14.7 Å². The number of hydrogen-bond donors (Lipinski definition) is 2. The Balaban J connectivity index is 0.00000155. The van der Waals surface area contributed by atoms with Crippen LogP contribution in [0.4, 0.5) is 5.69 Å². The molecule has 1 aromatic carbocycles. The Labute approximate surface area is 178 Å². The van der Waals surface area contributed by atoms with Crippen LogP contribution in [0.1, 0.15) is 56.6 Å². The van der Waals surface area contributed by atoms with Crippen molar-refractivity contribution >= 4 is 28.5 Å². The number of carbonyl (C=O) groups is 2. The van der Waals surface area contributed by atoms with Crippen molar-refractivity contribution in [2.75, 3.05) is 25.4 Å². The second-order valence-electron chi connectivity index (χ2n) is 7.70. The second kappa shape index (κ2) is 10.3. The SMILES string of the molecule is CC.Cc1nc2cccc(OCC3CCCN(C(=O)C(C)C)C3)c2c(N)c1C(=O)O. The number of aryl methyl sites for hydroxylation is 1. The monoisotopic (exact) mass is 415 g/mol. The van der Waals surface area contributed by atoms with E-state index in [1.54, 1.807) is 19.1 Å². The molecule has 1 amide bonds. The molecule has 0 bridgehead atoms. The summed E-state index contributed by atoms with van der Waals surface area (Å²) in [5, 5.41) is 9.98. The molecule has 1 atom stereocenters. The number of pyridine rings is 1. The Hall–Kier alpha value is -2.83. The minimum atomic E-state index is -1.10. The zero-order valence-electron chi connectivity index (χ0n) is 18.6. The van der Waals surface area contributed by atoms with E-state index in [0.717, 1.165) is 19.4 Å². The maximum absolute atomic E-state index is 12.3. The molecule has 2 aromatic rings. The molecule has 30 heavy (non-hydrogen) atoms.